The Morgan fingerprint density at radius 3 is 2.19 bits per heavy atom. The van der Waals surface area contributed by atoms with E-state index in [2.05, 4.69) is 44.3 Å². The maximum Gasteiger partial charge on any atom is 0.231 e. The van der Waals surface area contributed by atoms with Crippen LogP contribution in [0.2, 0.25) is 0 Å². The van der Waals surface area contributed by atoms with Crippen LogP contribution in [0.5, 0.6) is 0 Å². The Morgan fingerprint density at radius 2 is 1.67 bits per heavy atom. The molecule has 1 aliphatic carbocycles. The van der Waals surface area contributed by atoms with Crippen LogP contribution in [0.15, 0.2) is 0 Å². The molecule has 0 aliphatic heterocycles. The Kier molecular flexibility index (Phi) is 5.55. The first-order valence-corrected chi connectivity index (χ1v) is 7.83. The normalized spacial score (nSPS) is 20.8. The predicted molar refractivity (Wildman–Crippen MR) is 84.8 cm³/mol. The van der Waals surface area contributed by atoms with Crippen molar-refractivity contribution in [3.8, 4) is 0 Å². The minimum atomic E-state index is -0.126. The molecular formula is C14H26N6O. The molecule has 1 heterocycles. The van der Waals surface area contributed by atoms with E-state index in [1.165, 1.54) is 0 Å². The highest BCUT2D eigenvalue weighted by molar-refractivity contribution is 5.43. The first-order valence-electron chi connectivity index (χ1n) is 7.83. The van der Waals surface area contributed by atoms with Crippen LogP contribution >= 0.6 is 0 Å². The molecule has 0 saturated heterocycles. The second-order valence-corrected chi connectivity index (χ2v) is 5.36. The number of nitrogens with one attached hydrogen (secondary N) is 2. The lowest BCUT2D eigenvalue weighted by atomic mass is 9.82. The fraction of sp³-hybridized carbons (Fsp3) is 0.786. The second-order valence-electron chi connectivity index (χ2n) is 5.36. The third kappa shape index (κ3) is 4.17. The lowest BCUT2D eigenvalue weighted by molar-refractivity contribution is 0.0486. The van der Waals surface area contributed by atoms with Crippen LogP contribution in [0.4, 0.5) is 17.8 Å². The smallest absolute Gasteiger partial charge is 0.231 e. The Morgan fingerprint density at radius 1 is 1.05 bits per heavy atom. The number of rotatable bonds is 8. The van der Waals surface area contributed by atoms with Crippen molar-refractivity contribution >= 4 is 17.8 Å². The molecule has 0 spiro atoms. The van der Waals surface area contributed by atoms with Gasteiger partial charge >= 0.3 is 0 Å². The fourth-order valence-electron chi connectivity index (χ4n) is 2.43. The van der Waals surface area contributed by atoms with Crippen LogP contribution < -0.4 is 15.5 Å². The van der Waals surface area contributed by atoms with Gasteiger partial charge in [0.25, 0.3) is 0 Å². The fourth-order valence-corrected chi connectivity index (χ4v) is 2.43. The summed E-state index contributed by atoms with van der Waals surface area (Å²) in [6.45, 7) is 9.48. The summed E-state index contributed by atoms with van der Waals surface area (Å²) in [6, 6.07) is 0. The predicted octanol–water partition coefficient (Wildman–Crippen LogP) is 1.33. The number of aliphatic hydroxyl groups is 1. The summed E-state index contributed by atoms with van der Waals surface area (Å²) >= 11 is 0. The standard InChI is InChI=1S/C14H26N6O/c1-4-15-12-17-13(16-9-10-7-11(21)8-10)19-14(18-12)20(5-2)6-3/h10-11,21H,4-9H2,1-3H3,(H2,15,16,17,18,19). The van der Waals surface area contributed by atoms with Gasteiger partial charge in [0.05, 0.1) is 6.10 Å². The second kappa shape index (κ2) is 7.40. The minimum Gasteiger partial charge on any atom is -0.393 e. The van der Waals surface area contributed by atoms with Gasteiger partial charge in [-0.1, -0.05) is 0 Å². The SMILES string of the molecule is CCNc1nc(NCC2CC(O)C2)nc(N(CC)CC)n1. The Bertz CT molecular complexity index is 445. The van der Waals surface area contributed by atoms with Gasteiger partial charge in [0, 0.05) is 26.2 Å². The molecule has 0 radical (unpaired) electrons. The first-order chi connectivity index (χ1) is 10.2. The average molecular weight is 294 g/mol. The van der Waals surface area contributed by atoms with Crippen LogP contribution in [-0.4, -0.2) is 52.3 Å². The summed E-state index contributed by atoms with van der Waals surface area (Å²) in [5.74, 6) is 2.41. The molecule has 0 unspecified atom stereocenters. The monoisotopic (exact) mass is 294 g/mol. The van der Waals surface area contributed by atoms with E-state index < -0.39 is 0 Å². The quantitative estimate of drug-likeness (QED) is 0.667. The van der Waals surface area contributed by atoms with Gasteiger partial charge in [-0.15, -0.1) is 0 Å². The molecule has 0 atom stereocenters. The molecule has 7 heteroatoms. The maximum absolute atomic E-state index is 9.32. The summed E-state index contributed by atoms with van der Waals surface area (Å²) in [4.78, 5) is 15.4. The first kappa shape index (κ1) is 15.8. The van der Waals surface area contributed by atoms with Gasteiger partial charge in [-0.05, 0) is 39.5 Å². The van der Waals surface area contributed by atoms with E-state index in [9.17, 15) is 5.11 Å². The lowest BCUT2D eigenvalue weighted by Gasteiger charge is -2.31. The molecular weight excluding hydrogens is 268 g/mol. The number of nitrogens with zero attached hydrogens (tertiary/aromatic N) is 4. The highest BCUT2D eigenvalue weighted by Gasteiger charge is 2.27. The molecule has 3 N–H and O–H groups in total. The summed E-state index contributed by atoms with van der Waals surface area (Å²) in [6.07, 6.45) is 1.60. The van der Waals surface area contributed by atoms with Crippen LogP contribution in [-0.2, 0) is 0 Å². The molecule has 1 aliphatic rings. The van der Waals surface area contributed by atoms with E-state index >= 15 is 0 Å². The van der Waals surface area contributed by atoms with Crippen molar-refractivity contribution in [1.82, 2.24) is 15.0 Å². The number of hydrogen-bond donors (Lipinski definition) is 3. The van der Waals surface area contributed by atoms with Crippen molar-refractivity contribution in [2.45, 2.75) is 39.7 Å². The maximum atomic E-state index is 9.32. The van der Waals surface area contributed by atoms with Crippen molar-refractivity contribution in [2.75, 3.05) is 41.7 Å². The molecule has 1 fully saturated rings. The molecule has 1 aromatic rings. The third-order valence-electron chi connectivity index (χ3n) is 3.76. The molecule has 7 nitrogen and oxygen atoms in total. The largest absolute Gasteiger partial charge is 0.393 e. The zero-order chi connectivity index (χ0) is 15.2. The van der Waals surface area contributed by atoms with Crippen LogP contribution in [0.25, 0.3) is 0 Å². The van der Waals surface area contributed by atoms with Crippen LogP contribution in [0, 0.1) is 5.92 Å². The Labute approximate surface area is 126 Å². The van der Waals surface area contributed by atoms with Gasteiger partial charge < -0.3 is 20.6 Å². The molecule has 1 aromatic heterocycles. The minimum absolute atomic E-state index is 0.126. The highest BCUT2D eigenvalue weighted by atomic mass is 16.3. The molecule has 0 amide bonds. The van der Waals surface area contributed by atoms with E-state index in [0.29, 0.717) is 23.8 Å². The number of anilines is 3. The van der Waals surface area contributed by atoms with Gasteiger partial charge in [-0.2, -0.15) is 15.0 Å². The van der Waals surface area contributed by atoms with Gasteiger partial charge in [0.2, 0.25) is 17.8 Å². The van der Waals surface area contributed by atoms with Gasteiger partial charge in [0.15, 0.2) is 0 Å². The van der Waals surface area contributed by atoms with Crippen molar-refractivity contribution in [1.29, 1.82) is 0 Å². The Balaban J connectivity index is 2.07. The van der Waals surface area contributed by atoms with E-state index in [1.807, 2.05) is 6.92 Å². The molecule has 1 saturated carbocycles. The van der Waals surface area contributed by atoms with Gasteiger partial charge in [-0.3, -0.25) is 0 Å². The lowest BCUT2D eigenvalue weighted by Crippen LogP contribution is -2.33. The summed E-state index contributed by atoms with van der Waals surface area (Å²) < 4.78 is 0. The zero-order valence-corrected chi connectivity index (χ0v) is 13.1. The highest BCUT2D eigenvalue weighted by Crippen LogP contribution is 2.27. The van der Waals surface area contributed by atoms with Crippen LogP contribution in [0.3, 0.4) is 0 Å². The van der Waals surface area contributed by atoms with Crippen molar-refractivity contribution in [3.05, 3.63) is 0 Å². The third-order valence-corrected chi connectivity index (χ3v) is 3.76. The number of aromatic nitrogens is 3. The number of aliphatic hydroxyl groups excluding tert-OH is 1. The van der Waals surface area contributed by atoms with Crippen molar-refractivity contribution < 1.29 is 5.11 Å². The molecule has 0 aromatic carbocycles. The average Bonchev–Trinajstić information content (AvgIpc) is 2.44. The summed E-state index contributed by atoms with van der Waals surface area (Å²) in [5.41, 5.74) is 0. The summed E-state index contributed by atoms with van der Waals surface area (Å²) in [7, 11) is 0. The molecule has 0 bridgehead atoms. The van der Waals surface area contributed by atoms with E-state index in [0.717, 1.165) is 39.0 Å². The Hall–Kier alpha value is -1.63. The van der Waals surface area contributed by atoms with Gasteiger partial charge in [-0.25, -0.2) is 0 Å². The van der Waals surface area contributed by atoms with Crippen molar-refractivity contribution in [2.24, 2.45) is 5.92 Å². The van der Waals surface area contributed by atoms with Crippen LogP contribution in [0.1, 0.15) is 33.6 Å². The zero-order valence-electron chi connectivity index (χ0n) is 13.1. The van der Waals surface area contributed by atoms with E-state index in [4.69, 9.17) is 0 Å². The topological polar surface area (TPSA) is 86.2 Å². The molecule has 2 rings (SSSR count). The van der Waals surface area contributed by atoms with Crippen molar-refractivity contribution in [3.63, 3.8) is 0 Å². The van der Waals surface area contributed by atoms with Gasteiger partial charge in [0.1, 0.15) is 0 Å². The number of hydrogen-bond acceptors (Lipinski definition) is 7. The van der Waals surface area contributed by atoms with E-state index in [1.54, 1.807) is 0 Å². The molecule has 118 valence electrons. The summed E-state index contributed by atoms with van der Waals surface area (Å²) in [5, 5.41) is 15.7. The molecule has 21 heavy (non-hydrogen) atoms. The van der Waals surface area contributed by atoms with E-state index in [-0.39, 0.29) is 6.10 Å².